The molecule has 1 amide bonds. The molecule has 2 aromatic rings. The van der Waals surface area contributed by atoms with Gasteiger partial charge in [0.2, 0.25) is 5.91 Å². The Morgan fingerprint density at radius 1 is 0.943 bits per heavy atom. The molecule has 2 fully saturated rings. The molecule has 0 spiro atoms. The Balaban J connectivity index is 0.00000171. The Morgan fingerprint density at radius 3 is 2.46 bits per heavy atom. The van der Waals surface area contributed by atoms with Gasteiger partial charge in [0.25, 0.3) is 0 Å². The number of nitrogens with zero attached hydrogens (tertiary/aromatic N) is 3. The molecule has 0 N–H and O–H groups in total. The van der Waals surface area contributed by atoms with Gasteiger partial charge >= 0.3 is 0 Å². The van der Waals surface area contributed by atoms with Crippen LogP contribution in [-0.2, 0) is 11.2 Å². The van der Waals surface area contributed by atoms with Crippen LogP contribution < -0.4 is 4.74 Å². The van der Waals surface area contributed by atoms with Gasteiger partial charge in [0, 0.05) is 68.7 Å². The van der Waals surface area contributed by atoms with Gasteiger partial charge in [-0.05, 0) is 62.3 Å². The SMILES string of the molecule is CSc1ccc2c(c1)C(N1CCN(CCN3CCCCC3=O)CC1)Cc1cc(C)ccc1O2.Cl.Cl. The summed E-state index contributed by atoms with van der Waals surface area (Å²) in [5.41, 5.74) is 3.89. The number of amides is 1. The van der Waals surface area contributed by atoms with Gasteiger partial charge in [-0.2, -0.15) is 0 Å². The first-order chi connectivity index (χ1) is 16.1. The number of thioether (sulfide) groups is 1. The molecule has 1 atom stereocenters. The molecular formula is C27H37Cl2N3O2S. The van der Waals surface area contributed by atoms with Crippen molar-refractivity contribution in [2.24, 2.45) is 0 Å². The summed E-state index contributed by atoms with van der Waals surface area (Å²) in [7, 11) is 0. The maximum atomic E-state index is 12.1. The van der Waals surface area contributed by atoms with Crippen molar-refractivity contribution in [2.45, 2.75) is 43.5 Å². The van der Waals surface area contributed by atoms with Crippen molar-refractivity contribution < 1.29 is 9.53 Å². The maximum absolute atomic E-state index is 12.1. The number of aryl methyl sites for hydroxylation is 1. The molecule has 35 heavy (non-hydrogen) atoms. The van der Waals surface area contributed by atoms with Crippen LogP contribution in [0.5, 0.6) is 11.5 Å². The summed E-state index contributed by atoms with van der Waals surface area (Å²) in [5, 5.41) is 0. The standard InChI is InChI=1S/C27H35N3O2S.2ClH/c1-20-6-8-25-21(17-20)18-24(23-19-22(33-2)7-9-26(23)32-25)29-14-11-28(12-15-29)13-16-30-10-4-3-5-27(30)31;;/h6-9,17,19,24H,3-5,10-16,18H2,1-2H3;2*1H. The monoisotopic (exact) mass is 537 g/mol. The molecule has 0 aliphatic carbocycles. The predicted molar refractivity (Wildman–Crippen MR) is 149 cm³/mol. The van der Waals surface area contributed by atoms with Gasteiger partial charge in [0.15, 0.2) is 0 Å². The van der Waals surface area contributed by atoms with Gasteiger partial charge in [-0.25, -0.2) is 0 Å². The molecule has 5 rings (SSSR count). The second kappa shape index (κ2) is 12.7. The number of rotatable bonds is 5. The molecule has 3 aliphatic rings. The van der Waals surface area contributed by atoms with Gasteiger partial charge in [-0.1, -0.05) is 17.7 Å². The molecule has 5 nitrogen and oxygen atoms in total. The largest absolute Gasteiger partial charge is 0.457 e. The number of piperidine rings is 1. The molecule has 2 saturated heterocycles. The highest BCUT2D eigenvalue weighted by molar-refractivity contribution is 7.98. The average molecular weight is 539 g/mol. The zero-order valence-corrected chi connectivity index (χ0v) is 23.2. The molecule has 3 aliphatic heterocycles. The van der Waals surface area contributed by atoms with E-state index in [4.69, 9.17) is 4.74 Å². The van der Waals surface area contributed by atoms with Crippen molar-refractivity contribution in [1.29, 1.82) is 0 Å². The van der Waals surface area contributed by atoms with Crippen LogP contribution in [0.2, 0.25) is 0 Å². The Labute approximate surface area is 226 Å². The number of carbonyl (C=O) groups is 1. The summed E-state index contributed by atoms with van der Waals surface area (Å²) < 4.78 is 6.43. The number of hydrogen-bond donors (Lipinski definition) is 0. The summed E-state index contributed by atoms with van der Waals surface area (Å²) in [4.78, 5) is 20.7. The molecule has 0 bridgehead atoms. The number of fused-ring (bicyclic) bond motifs is 2. The van der Waals surface area contributed by atoms with Crippen LogP contribution in [0.3, 0.4) is 0 Å². The summed E-state index contributed by atoms with van der Waals surface area (Å²) in [6.07, 6.45) is 6.06. The first kappa shape index (κ1) is 28.1. The highest BCUT2D eigenvalue weighted by atomic mass is 35.5. The third kappa shape index (κ3) is 6.47. The topological polar surface area (TPSA) is 36.0 Å². The lowest BCUT2D eigenvalue weighted by Gasteiger charge is -2.40. The fourth-order valence-corrected chi connectivity index (χ4v) is 5.84. The van der Waals surface area contributed by atoms with Crippen LogP contribution in [0.15, 0.2) is 41.3 Å². The van der Waals surface area contributed by atoms with E-state index in [-0.39, 0.29) is 24.8 Å². The number of piperazine rings is 1. The van der Waals surface area contributed by atoms with Gasteiger partial charge in [0.05, 0.1) is 0 Å². The van der Waals surface area contributed by atoms with E-state index in [1.165, 1.54) is 21.6 Å². The first-order valence-electron chi connectivity index (χ1n) is 12.3. The van der Waals surface area contributed by atoms with Crippen LogP contribution in [0.1, 0.15) is 42.0 Å². The van der Waals surface area contributed by atoms with Crippen LogP contribution in [0, 0.1) is 6.92 Å². The maximum Gasteiger partial charge on any atom is 0.222 e. The normalized spacial score (nSPS) is 20.6. The minimum atomic E-state index is 0. The van der Waals surface area contributed by atoms with E-state index in [9.17, 15) is 4.79 Å². The van der Waals surface area contributed by atoms with E-state index in [1.807, 2.05) is 0 Å². The fraction of sp³-hybridized carbons (Fsp3) is 0.519. The van der Waals surface area contributed by atoms with Crippen molar-refractivity contribution >= 4 is 42.5 Å². The molecule has 0 radical (unpaired) electrons. The Morgan fingerprint density at radius 2 is 1.71 bits per heavy atom. The second-order valence-corrected chi connectivity index (χ2v) is 10.4. The number of likely N-dealkylation sites (tertiary alicyclic amines) is 1. The third-order valence-corrected chi connectivity index (χ3v) is 8.11. The first-order valence-corrected chi connectivity index (χ1v) is 13.5. The quantitative estimate of drug-likeness (QED) is 0.465. The van der Waals surface area contributed by atoms with Crippen molar-refractivity contribution in [3.8, 4) is 11.5 Å². The number of benzene rings is 2. The van der Waals surface area contributed by atoms with E-state index >= 15 is 0 Å². The molecule has 1 unspecified atom stereocenters. The zero-order valence-electron chi connectivity index (χ0n) is 20.7. The van der Waals surface area contributed by atoms with Crippen LogP contribution in [0.4, 0.5) is 0 Å². The number of ether oxygens (including phenoxy) is 1. The summed E-state index contributed by atoms with van der Waals surface area (Å²) in [6.45, 7) is 9.16. The molecule has 3 heterocycles. The predicted octanol–water partition coefficient (Wildman–Crippen LogP) is 5.58. The van der Waals surface area contributed by atoms with E-state index < -0.39 is 0 Å². The Bertz CT molecular complexity index is 1010. The second-order valence-electron chi connectivity index (χ2n) is 9.55. The number of hydrogen-bond acceptors (Lipinski definition) is 5. The van der Waals surface area contributed by atoms with Gasteiger partial charge in [0.1, 0.15) is 11.5 Å². The van der Waals surface area contributed by atoms with Crippen molar-refractivity contribution in [1.82, 2.24) is 14.7 Å². The summed E-state index contributed by atoms with van der Waals surface area (Å²) in [6, 6.07) is 13.5. The van der Waals surface area contributed by atoms with Gasteiger partial charge in [-0.15, -0.1) is 36.6 Å². The molecule has 8 heteroatoms. The smallest absolute Gasteiger partial charge is 0.222 e. The van der Waals surface area contributed by atoms with E-state index in [2.05, 4.69) is 64.3 Å². The van der Waals surface area contributed by atoms with Crippen molar-refractivity contribution in [3.05, 3.63) is 53.1 Å². The minimum absolute atomic E-state index is 0. The Hall–Kier alpha value is -1.44. The number of carbonyl (C=O) groups excluding carboxylic acids is 1. The highest BCUT2D eigenvalue weighted by Crippen LogP contribution is 2.42. The summed E-state index contributed by atoms with van der Waals surface area (Å²) in [5.74, 6) is 2.33. The average Bonchev–Trinajstić information content (AvgIpc) is 3.00. The van der Waals surface area contributed by atoms with Crippen molar-refractivity contribution in [2.75, 3.05) is 52.1 Å². The molecular weight excluding hydrogens is 501 g/mol. The van der Waals surface area contributed by atoms with Crippen LogP contribution in [-0.4, -0.2) is 72.7 Å². The lowest BCUT2D eigenvalue weighted by atomic mass is 9.96. The fourth-order valence-electron chi connectivity index (χ4n) is 5.40. The van der Waals surface area contributed by atoms with Gasteiger partial charge < -0.3 is 9.64 Å². The zero-order chi connectivity index (χ0) is 22.8. The number of halogens is 2. The van der Waals surface area contributed by atoms with Gasteiger partial charge in [-0.3, -0.25) is 14.6 Å². The van der Waals surface area contributed by atoms with Crippen LogP contribution in [0.25, 0.3) is 0 Å². The molecule has 0 aromatic heterocycles. The van der Waals surface area contributed by atoms with Crippen molar-refractivity contribution in [3.63, 3.8) is 0 Å². The van der Waals surface area contributed by atoms with E-state index in [1.54, 1.807) is 11.8 Å². The molecule has 2 aromatic carbocycles. The Kier molecular flexibility index (Phi) is 10.2. The van der Waals surface area contributed by atoms with E-state index in [0.29, 0.717) is 11.9 Å². The van der Waals surface area contributed by atoms with E-state index in [0.717, 1.165) is 83.0 Å². The molecule has 0 saturated carbocycles. The lowest BCUT2D eigenvalue weighted by Crippen LogP contribution is -2.50. The molecule has 192 valence electrons. The highest BCUT2D eigenvalue weighted by Gasteiger charge is 2.31. The lowest BCUT2D eigenvalue weighted by molar-refractivity contribution is -0.133. The third-order valence-electron chi connectivity index (χ3n) is 7.38. The van der Waals surface area contributed by atoms with Crippen LogP contribution >= 0.6 is 36.6 Å². The summed E-state index contributed by atoms with van der Waals surface area (Å²) >= 11 is 1.79. The minimum Gasteiger partial charge on any atom is -0.457 e.